The van der Waals surface area contributed by atoms with E-state index in [2.05, 4.69) is 59.8 Å². The van der Waals surface area contributed by atoms with Gasteiger partial charge in [-0.15, -0.1) is 0 Å². The maximum Gasteiger partial charge on any atom is 0.191 e. The molecule has 5 nitrogen and oxygen atoms in total. The smallest absolute Gasteiger partial charge is 0.191 e. The number of aliphatic imine (C=N–C) groups is 1. The minimum Gasteiger partial charge on any atom is -0.357 e. The van der Waals surface area contributed by atoms with E-state index in [1.165, 1.54) is 5.56 Å². The summed E-state index contributed by atoms with van der Waals surface area (Å²) in [4.78, 5) is 4.63. The highest BCUT2D eigenvalue weighted by molar-refractivity contribution is 5.80. The lowest BCUT2D eigenvalue weighted by Gasteiger charge is -2.15. The van der Waals surface area contributed by atoms with Crippen LogP contribution >= 0.6 is 0 Å². The Labute approximate surface area is 138 Å². The minimum atomic E-state index is 0.411. The van der Waals surface area contributed by atoms with E-state index < -0.39 is 0 Å². The van der Waals surface area contributed by atoms with Gasteiger partial charge in [-0.1, -0.05) is 37.3 Å². The molecule has 0 aliphatic carbocycles. The second-order valence-electron chi connectivity index (χ2n) is 5.68. The van der Waals surface area contributed by atoms with Gasteiger partial charge in [0.25, 0.3) is 0 Å². The van der Waals surface area contributed by atoms with Crippen LogP contribution in [0.3, 0.4) is 0 Å². The molecule has 2 rings (SSSR count). The number of nitrogens with one attached hydrogen (secondary N) is 2. The van der Waals surface area contributed by atoms with Crippen molar-refractivity contribution in [2.75, 3.05) is 6.54 Å². The van der Waals surface area contributed by atoms with Crippen LogP contribution in [0.4, 0.5) is 0 Å². The molecule has 0 fully saturated rings. The van der Waals surface area contributed by atoms with Crippen LogP contribution in [0, 0.1) is 0 Å². The molecular weight excluding hydrogens is 286 g/mol. The maximum atomic E-state index is 4.63. The fourth-order valence-electron chi connectivity index (χ4n) is 2.17. The SMILES string of the molecule is CCNC(=NCc1cnn(Cc2ccccc2)c1)NC(C)CC. The fraction of sp³-hybridized carbons (Fsp3) is 0.444. The summed E-state index contributed by atoms with van der Waals surface area (Å²) in [5, 5.41) is 11.1. The van der Waals surface area contributed by atoms with E-state index in [-0.39, 0.29) is 0 Å². The first kappa shape index (κ1) is 17.1. The van der Waals surface area contributed by atoms with E-state index in [0.717, 1.165) is 31.0 Å². The summed E-state index contributed by atoms with van der Waals surface area (Å²) in [6.45, 7) is 8.66. The van der Waals surface area contributed by atoms with Gasteiger partial charge in [0.15, 0.2) is 5.96 Å². The van der Waals surface area contributed by atoms with Crippen molar-refractivity contribution in [2.24, 2.45) is 4.99 Å². The van der Waals surface area contributed by atoms with Crippen LogP contribution in [0.1, 0.15) is 38.3 Å². The predicted molar refractivity (Wildman–Crippen MR) is 95.5 cm³/mol. The van der Waals surface area contributed by atoms with Crippen molar-refractivity contribution < 1.29 is 0 Å². The summed E-state index contributed by atoms with van der Waals surface area (Å²) in [7, 11) is 0. The minimum absolute atomic E-state index is 0.411. The van der Waals surface area contributed by atoms with Crippen molar-refractivity contribution in [2.45, 2.75) is 46.3 Å². The molecule has 0 radical (unpaired) electrons. The third-order valence-corrected chi connectivity index (χ3v) is 3.63. The normalized spacial score (nSPS) is 12.9. The third kappa shape index (κ3) is 5.77. The van der Waals surface area contributed by atoms with Crippen LogP contribution in [0.25, 0.3) is 0 Å². The Morgan fingerprint density at radius 3 is 2.70 bits per heavy atom. The highest BCUT2D eigenvalue weighted by Gasteiger charge is 2.03. The average molecular weight is 313 g/mol. The van der Waals surface area contributed by atoms with Gasteiger partial charge in [-0.25, -0.2) is 4.99 Å². The molecule has 1 unspecified atom stereocenters. The van der Waals surface area contributed by atoms with E-state index in [4.69, 9.17) is 0 Å². The molecule has 1 heterocycles. The summed E-state index contributed by atoms with van der Waals surface area (Å²) < 4.78 is 1.95. The number of hydrogen-bond donors (Lipinski definition) is 2. The Morgan fingerprint density at radius 2 is 2.00 bits per heavy atom. The van der Waals surface area contributed by atoms with Crippen LogP contribution < -0.4 is 10.6 Å². The average Bonchev–Trinajstić information content (AvgIpc) is 3.01. The number of rotatable bonds is 7. The lowest BCUT2D eigenvalue weighted by molar-refractivity contribution is 0.624. The van der Waals surface area contributed by atoms with Crippen LogP contribution in [-0.4, -0.2) is 28.3 Å². The Bertz CT molecular complexity index is 603. The van der Waals surface area contributed by atoms with E-state index in [9.17, 15) is 0 Å². The standard InChI is InChI=1S/C18H27N5/c1-4-15(3)22-18(19-5-2)20-11-17-12-21-23(14-17)13-16-9-7-6-8-10-16/h6-10,12,14-15H,4-5,11,13H2,1-3H3,(H2,19,20,22). The molecule has 1 atom stereocenters. The van der Waals surface area contributed by atoms with E-state index in [1.54, 1.807) is 0 Å². The topological polar surface area (TPSA) is 54.2 Å². The second kappa shape index (κ2) is 8.98. The van der Waals surface area contributed by atoms with Crippen molar-refractivity contribution in [1.29, 1.82) is 0 Å². The highest BCUT2D eigenvalue weighted by Crippen LogP contribution is 2.05. The van der Waals surface area contributed by atoms with Crippen LogP contribution in [-0.2, 0) is 13.1 Å². The zero-order valence-electron chi connectivity index (χ0n) is 14.3. The van der Waals surface area contributed by atoms with Gasteiger partial charge in [-0.05, 0) is 25.8 Å². The number of hydrogen-bond acceptors (Lipinski definition) is 2. The predicted octanol–water partition coefficient (Wildman–Crippen LogP) is 2.79. The molecule has 2 aromatic rings. The van der Waals surface area contributed by atoms with E-state index >= 15 is 0 Å². The van der Waals surface area contributed by atoms with Gasteiger partial charge in [0.1, 0.15) is 0 Å². The molecule has 0 spiro atoms. The first-order valence-electron chi connectivity index (χ1n) is 8.31. The molecule has 0 bridgehead atoms. The second-order valence-corrected chi connectivity index (χ2v) is 5.68. The van der Waals surface area contributed by atoms with Gasteiger partial charge in [0, 0.05) is 24.3 Å². The van der Waals surface area contributed by atoms with Crippen molar-refractivity contribution >= 4 is 5.96 Å². The number of aromatic nitrogens is 2. The van der Waals surface area contributed by atoms with Crippen molar-refractivity contribution in [3.63, 3.8) is 0 Å². The summed E-state index contributed by atoms with van der Waals surface area (Å²) >= 11 is 0. The molecule has 0 saturated heterocycles. The van der Waals surface area contributed by atoms with Crippen LogP contribution in [0.15, 0.2) is 47.7 Å². The fourth-order valence-corrected chi connectivity index (χ4v) is 2.17. The zero-order chi connectivity index (χ0) is 16.5. The van der Waals surface area contributed by atoms with Gasteiger partial charge in [-0.3, -0.25) is 4.68 Å². The Balaban J connectivity index is 1.95. The lowest BCUT2D eigenvalue weighted by Crippen LogP contribution is -2.41. The lowest BCUT2D eigenvalue weighted by atomic mass is 10.2. The number of nitrogens with zero attached hydrogens (tertiary/aromatic N) is 3. The first-order chi connectivity index (χ1) is 11.2. The van der Waals surface area contributed by atoms with Gasteiger partial charge in [0.2, 0.25) is 0 Å². The summed E-state index contributed by atoms with van der Waals surface area (Å²) in [5.41, 5.74) is 2.36. The van der Waals surface area contributed by atoms with Crippen molar-refractivity contribution in [3.05, 3.63) is 53.9 Å². The van der Waals surface area contributed by atoms with Gasteiger partial charge < -0.3 is 10.6 Å². The molecule has 5 heteroatoms. The number of benzene rings is 1. The van der Waals surface area contributed by atoms with Crippen LogP contribution in [0.2, 0.25) is 0 Å². The molecule has 1 aromatic carbocycles. The monoisotopic (exact) mass is 313 g/mol. The summed E-state index contributed by atoms with van der Waals surface area (Å²) in [5.74, 6) is 0.859. The molecule has 0 aliphatic rings. The van der Waals surface area contributed by atoms with Gasteiger partial charge >= 0.3 is 0 Å². The summed E-state index contributed by atoms with van der Waals surface area (Å²) in [6, 6.07) is 10.8. The van der Waals surface area contributed by atoms with Crippen molar-refractivity contribution in [1.82, 2.24) is 20.4 Å². The van der Waals surface area contributed by atoms with E-state index in [1.807, 2.05) is 29.1 Å². The number of guanidine groups is 1. The molecule has 0 aliphatic heterocycles. The summed E-state index contributed by atoms with van der Waals surface area (Å²) in [6.07, 6.45) is 5.02. The molecule has 2 N–H and O–H groups in total. The Morgan fingerprint density at radius 1 is 1.22 bits per heavy atom. The first-order valence-corrected chi connectivity index (χ1v) is 8.31. The van der Waals surface area contributed by atoms with Gasteiger partial charge in [-0.2, -0.15) is 5.10 Å². The van der Waals surface area contributed by atoms with Gasteiger partial charge in [0.05, 0.1) is 19.3 Å². The molecule has 1 aromatic heterocycles. The Hall–Kier alpha value is -2.30. The van der Waals surface area contributed by atoms with Crippen LogP contribution in [0.5, 0.6) is 0 Å². The molecule has 0 saturated carbocycles. The molecule has 124 valence electrons. The highest BCUT2D eigenvalue weighted by atomic mass is 15.3. The van der Waals surface area contributed by atoms with Crippen molar-refractivity contribution in [3.8, 4) is 0 Å². The molecule has 0 amide bonds. The van der Waals surface area contributed by atoms with E-state index in [0.29, 0.717) is 12.6 Å². The Kier molecular flexibility index (Phi) is 6.66. The third-order valence-electron chi connectivity index (χ3n) is 3.63. The largest absolute Gasteiger partial charge is 0.357 e. The maximum absolute atomic E-state index is 4.63. The quantitative estimate of drug-likeness (QED) is 0.610. The zero-order valence-corrected chi connectivity index (χ0v) is 14.3. The molecular formula is C18H27N5. The molecule has 23 heavy (non-hydrogen) atoms.